The van der Waals surface area contributed by atoms with E-state index in [9.17, 15) is 4.79 Å². The van der Waals surface area contributed by atoms with Crippen LogP contribution >= 0.6 is 0 Å². The molecule has 30 heavy (non-hydrogen) atoms. The maximum atomic E-state index is 13.4. The minimum absolute atomic E-state index is 0.0434. The van der Waals surface area contributed by atoms with Gasteiger partial charge in [0.15, 0.2) is 0 Å². The van der Waals surface area contributed by atoms with Crippen LogP contribution in [0.1, 0.15) is 17.0 Å². The molecule has 0 radical (unpaired) electrons. The molecule has 0 aliphatic carbocycles. The Balaban J connectivity index is 1.59. The highest BCUT2D eigenvalue weighted by Gasteiger charge is 2.20. The Morgan fingerprint density at radius 1 is 0.933 bits per heavy atom. The number of rotatable bonds is 4. The highest BCUT2D eigenvalue weighted by molar-refractivity contribution is 5.77. The number of aromatic nitrogens is 2. The minimum Gasteiger partial charge on any atom is -0.497 e. The molecule has 0 saturated heterocycles. The molecule has 0 N–H and O–H groups in total. The van der Waals surface area contributed by atoms with Crippen LogP contribution in [0.3, 0.4) is 0 Å². The molecular weight excluding hydrogens is 374 g/mol. The molecule has 0 saturated carbocycles. The Morgan fingerprint density at radius 2 is 1.67 bits per heavy atom. The van der Waals surface area contributed by atoms with Gasteiger partial charge in [0.05, 0.1) is 30.2 Å². The van der Waals surface area contributed by atoms with Crippen molar-refractivity contribution < 1.29 is 4.74 Å². The zero-order valence-electron chi connectivity index (χ0n) is 16.9. The van der Waals surface area contributed by atoms with Gasteiger partial charge >= 0.3 is 0 Å². The monoisotopic (exact) mass is 397 g/mol. The van der Waals surface area contributed by atoms with E-state index >= 15 is 0 Å². The predicted molar refractivity (Wildman–Crippen MR) is 118 cm³/mol. The number of ether oxygens (including phenoxy) is 1. The van der Waals surface area contributed by atoms with Crippen molar-refractivity contribution >= 4 is 10.9 Å². The van der Waals surface area contributed by atoms with Gasteiger partial charge in [-0.1, -0.05) is 36.4 Å². The largest absolute Gasteiger partial charge is 0.497 e. The summed E-state index contributed by atoms with van der Waals surface area (Å²) in [7, 11) is 1.64. The molecule has 0 unspecified atom stereocenters. The third-order valence-electron chi connectivity index (χ3n) is 5.75. The number of hydrogen-bond acceptors (Lipinski definition) is 4. The molecule has 1 aliphatic heterocycles. The van der Waals surface area contributed by atoms with E-state index in [4.69, 9.17) is 9.72 Å². The summed E-state index contributed by atoms with van der Waals surface area (Å²) in [6.45, 7) is 2.42. The second kappa shape index (κ2) is 7.76. The fraction of sp³-hybridized carbons (Fsp3) is 0.200. The van der Waals surface area contributed by atoms with Crippen molar-refractivity contribution in [2.24, 2.45) is 0 Å². The molecule has 5 heteroatoms. The van der Waals surface area contributed by atoms with Crippen molar-refractivity contribution in [3.05, 3.63) is 100 Å². The molecule has 0 bridgehead atoms. The van der Waals surface area contributed by atoms with Crippen LogP contribution in [-0.4, -0.2) is 28.1 Å². The van der Waals surface area contributed by atoms with Gasteiger partial charge in [0.1, 0.15) is 11.6 Å². The van der Waals surface area contributed by atoms with E-state index < -0.39 is 0 Å². The first kappa shape index (κ1) is 18.6. The summed E-state index contributed by atoms with van der Waals surface area (Å²) in [6, 6.07) is 23.7. The van der Waals surface area contributed by atoms with Gasteiger partial charge < -0.3 is 4.74 Å². The molecule has 0 fully saturated rings. The van der Waals surface area contributed by atoms with Gasteiger partial charge in [-0.25, -0.2) is 4.98 Å². The number of benzene rings is 3. The van der Waals surface area contributed by atoms with Crippen LogP contribution in [0.15, 0.2) is 77.6 Å². The maximum absolute atomic E-state index is 13.4. The van der Waals surface area contributed by atoms with Crippen LogP contribution in [-0.2, 0) is 19.5 Å². The molecule has 1 aliphatic rings. The molecule has 5 rings (SSSR count). The standard InChI is InChI=1S/C25H23N3O2/c1-30-21-12-10-20(11-13-21)28-24(26-23-9-5-4-8-22(23)25(28)29)17-27-15-14-18-6-2-3-7-19(18)16-27/h2-13H,14-17H2,1H3. The van der Waals surface area contributed by atoms with Crippen LogP contribution in [0.5, 0.6) is 5.75 Å². The lowest BCUT2D eigenvalue weighted by molar-refractivity contribution is 0.237. The van der Waals surface area contributed by atoms with Gasteiger partial charge in [-0.15, -0.1) is 0 Å². The van der Waals surface area contributed by atoms with Gasteiger partial charge in [-0.05, 0) is 53.9 Å². The Labute approximate surface area is 175 Å². The first-order valence-corrected chi connectivity index (χ1v) is 10.2. The molecule has 2 heterocycles. The number of methoxy groups -OCH3 is 1. The van der Waals surface area contributed by atoms with E-state index in [1.807, 2.05) is 48.5 Å². The maximum Gasteiger partial charge on any atom is 0.266 e. The van der Waals surface area contributed by atoms with Crippen molar-refractivity contribution in [1.29, 1.82) is 0 Å². The van der Waals surface area contributed by atoms with E-state index in [1.54, 1.807) is 11.7 Å². The Kier molecular flexibility index (Phi) is 4.81. The van der Waals surface area contributed by atoms with Crippen LogP contribution in [0.25, 0.3) is 16.6 Å². The lowest BCUT2D eigenvalue weighted by Crippen LogP contribution is -2.33. The van der Waals surface area contributed by atoms with E-state index in [0.29, 0.717) is 11.9 Å². The van der Waals surface area contributed by atoms with Gasteiger partial charge in [0.25, 0.3) is 5.56 Å². The van der Waals surface area contributed by atoms with E-state index in [-0.39, 0.29) is 5.56 Å². The minimum atomic E-state index is -0.0434. The topological polar surface area (TPSA) is 47.4 Å². The average Bonchev–Trinajstić information content (AvgIpc) is 2.79. The summed E-state index contributed by atoms with van der Waals surface area (Å²) in [4.78, 5) is 20.7. The van der Waals surface area contributed by atoms with Crippen molar-refractivity contribution in [1.82, 2.24) is 14.5 Å². The van der Waals surface area contributed by atoms with Gasteiger partial charge in [-0.2, -0.15) is 0 Å². The van der Waals surface area contributed by atoms with E-state index in [1.165, 1.54) is 11.1 Å². The Morgan fingerprint density at radius 3 is 2.47 bits per heavy atom. The number of fused-ring (bicyclic) bond motifs is 2. The smallest absolute Gasteiger partial charge is 0.266 e. The predicted octanol–water partition coefficient (Wildman–Crippen LogP) is 3.95. The van der Waals surface area contributed by atoms with Crippen LogP contribution in [0.4, 0.5) is 0 Å². The summed E-state index contributed by atoms with van der Waals surface area (Å²) in [5, 5.41) is 0.626. The second-order valence-corrected chi connectivity index (χ2v) is 7.61. The third-order valence-corrected chi connectivity index (χ3v) is 5.75. The molecule has 1 aromatic heterocycles. The second-order valence-electron chi connectivity index (χ2n) is 7.61. The molecular formula is C25H23N3O2. The summed E-state index contributed by atoms with van der Waals surface area (Å²) < 4.78 is 7.02. The molecule has 3 aromatic carbocycles. The van der Waals surface area contributed by atoms with Crippen LogP contribution < -0.4 is 10.3 Å². The molecule has 150 valence electrons. The number of nitrogens with zero attached hydrogens (tertiary/aromatic N) is 3. The third kappa shape index (κ3) is 3.37. The normalized spacial score (nSPS) is 13.9. The number of para-hydroxylation sites is 1. The Bertz CT molecular complexity index is 1260. The van der Waals surface area contributed by atoms with Crippen LogP contribution in [0.2, 0.25) is 0 Å². The van der Waals surface area contributed by atoms with Gasteiger partial charge in [0.2, 0.25) is 0 Å². The van der Waals surface area contributed by atoms with Crippen molar-refractivity contribution in [3.8, 4) is 11.4 Å². The first-order valence-electron chi connectivity index (χ1n) is 10.2. The van der Waals surface area contributed by atoms with E-state index in [0.717, 1.165) is 42.3 Å². The summed E-state index contributed by atoms with van der Waals surface area (Å²) in [5.74, 6) is 1.51. The zero-order chi connectivity index (χ0) is 20.5. The van der Waals surface area contributed by atoms with Gasteiger partial charge in [-0.3, -0.25) is 14.3 Å². The Hall–Kier alpha value is -3.44. The highest BCUT2D eigenvalue weighted by Crippen LogP contribution is 2.22. The van der Waals surface area contributed by atoms with Crippen LogP contribution in [0, 0.1) is 0 Å². The molecule has 0 atom stereocenters. The molecule has 5 nitrogen and oxygen atoms in total. The quantitative estimate of drug-likeness (QED) is 0.523. The lowest BCUT2D eigenvalue weighted by atomic mass is 10.00. The summed E-state index contributed by atoms with van der Waals surface area (Å²) >= 11 is 0. The molecule has 0 spiro atoms. The van der Waals surface area contributed by atoms with Crippen molar-refractivity contribution in [2.45, 2.75) is 19.5 Å². The van der Waals surface area contributed by atoms with Crippen molar-refractivity contribution in [3.63, 3.8) is 0 Å². The fourth-order valence-electron chi connectivity index (χ4n) is 4.17. The number of hydrogen-bond donors (Lipinski definition) is 0. The summed E-state index contributed by atoms with van der Waals surface area (Å²) in [6.07, 6.45) is 1.01. The highest BCUT2D eigenvalue weighted by atomic mass is 16.5. The molecule has 4 aromatic rings. The van der Waals surface area contributed by atoms with Crippen molar-refractivity contribution in [2.75, 3.05) is 13.7 Å². The average molecular weight is 397 g/mol. The zero-order valence-corrected chi connectivity index (χ0v) is 16.9. The lowest BCUT2D eigenvalue weighted by Gasteiger charge is -2.29. The van der Waals surface area contributed by atoms with E-state index in [2.05, 4.69) is 29.2 Å². The SMILES string of the molecule is COc1ccc(-n2c(CN3CCc4ccccc4C3)nc3ccccc3c2=O)cc1. The summed E-state index contributed by atoms with van der Waals surface area (Å²) in [5.41, 5.74) is 4.25. The van der Waals surface area contributed by atoms with Gasteiger partial charge in [0, 0.05) is 13.1 Å². The molecule has 0 amide bonds. The fourth-order valence-corrected chi connectivity index (χ4v) is 4.17. The first-order chi connectivity index (χ1) is 14.7.